The number of halogens is 3. The van der Waals surface area contributed by atoms with Gasteiger partial charge in [0.1, 0.15) is 23.7 Å². The van der Waals surface area contributed by atoms with Crippen molar-refractivity contribution in [2.24, 2.45) is 0 Å². The number of hydrogen-bond acceptors (Lipinski definition) is 6. The summed E-state index contributed by atoms with van der Waals surface area (Å²) in [6, 6.07) is 4.81. The molecular weight excluding hydrogens is 347 g/mol. The molecule has 1 fully saturated rings. The van der Waals surface area contributed by atoms with Crippen LogP contribution >= 0.6 is 0 Å². The summed E-state index contributed by atoms with van der Waals surface area (Å²) in [5.41, 5.74) is -0.151. The first-order valence-electron chi connectivity index (χ1n) is 8.20. The molecule has 7 nitrogen and oxygen atoms in total. The Hall–Kier alpha value is -2.91. The first kappa shape index (κ1) is 16.6. The van der Waals surface area contributed by atoms with E-state index in [2.05, 4.69) is 25.0 Å². The monoisotopic (exact) mass is 363 g/mol. The normalized spacial score (nSPS) is 16.1. The quantitative estimate of drug-likeness (QED) is 0.696. The highest BCUT2D eigenvalue weighted by Gasteiger charge is 2.33. The number of imidazole rings is 1. The Bertz CT molecular complexity index is 908. The standard InChI is InChI=1S/C16H16F3N7/c17-16(18,19)12-10-15(22-11-21-12)25-6-1-5-24(8-9-25)14-3-2-13-20-4-7-26(13)23-14/h2-4,7,10-11H,1,5-6,8-9H2. The Balaban J connectivity index is 1.51. The van der Waals surface area contributed by atoms with Crippen molar-refractivity contribution in [2.75, 3.05) is 36.0 Å². The van der Waals surface area contributed by atoms with Gasteiger partial charge in [-0.15, -0.1) is 5.10 Å². The van der Waals surface area contributed by atoms with Crippen molar-refractivity contribution in [1.82, 2.24) is 24.6 Å². The second-order valence-electron chi connectivity index (χ2n) is 6.01. The zero-order valence-electron chi connectivity index (χ0n) is 13.8. The number of aromatic nitrogens is 5. The van der Waals surface area contributed by atoms with Crippen LogP contribution in [0.2, 0.25) is 0 Å². The predicted molar refractivity (Wildman–Crippen MR) is 89.1 cm³/mol. The molecule has 3 aromatic heterocycles. The van der Waals surface area contributed by atoms with Crippen molar-refractivity contribution in [3.05, 3.63) is 42.6 Å². The van der Waals surface area contributed by atoms with Crippen LogP contribution in [0.4, 0.5) is 24.8 Å². The lowest BCUT2D eigenvalue weighted by atomic mass is 10.3. The predicted octanol–water partition coefficient (Wildman–Crippen LogP) is 2.25. The van der Waals surface area contributed by atoms with Gasteiger partial charge in [0.15, 0.2) is 5.65 Å². The smallest absolute Gasteiger partial charge is 0.355 e. The first-order chi connectivity index (χ1) is 12.5. The fourth-order valence-corrected chi connectivity index (χ4v) is 3.02. The van der Waals surface area contributed by atoms with Gasteiger partial charge in [0.2, 0.25) is 0 Å². The Labute approximate surface area is 147 Å². The molecule has 4 heterocycles. The lowest BCUT2D eigenvalue weighted by Crippen LogP contribution is -2.32. The van der Waals surface area contributed by atoms with E-state index in [4.69, 9.17) is 0 Å². The SMILES string of the molecule is FC(F)(F)c1cc(N2CCCN(c3ccc4nccn4n3)CC2)ncn1. The molecule has 0 aliphatic carbocycles. The Morgan fingerprint density at radius 1 is 0.885 bits per heavy atom. The van der Waals surface area contributed by atoms with Crippen molar-refractivity contribution in [3.8, 4) is 0 Å². The van der Waals surface area contributed by atoms with Gasteiger partial charge in [0.25, 0.3) is 0 Å². The van der Waals surface area contributed by atoms with Gasteiger partial charge in [0.05, 0.1) is 0 Å². The Morgan fingerprint density at radius 2 is 1.65 bits per heavy atom. The second-order valence-corrected chi connectivity index (χ2v) is 6.01. The van der Waals surface area contributed by atoms with Crippen LogP contribution in [0.1, 0.15) is 12.1 Å². The highest BCUT2D eigenvalue weighted by Crippen LogP contribution is 2.29. The molecule has 0 aromatic carbocycles. The largest absolute Gasteiger partial charge is 0.433 e. The summed E-state index contributed by atoms with van der Waals surface area (Å²) in [4.78, 5) is 15.5. The Kier molecular flexibility index (Phi) is 4.09. The maximum absolute atomic E-state index is 12.9. The van der Waals surface area contributed by atoms with Gasteiger partial charge in [-0.2, -0.15) is 13.2 Å². The summed E-state index contributed by atoms with van der Waals surface area (Å²) >= 11 is 0. The van der Waals surface area contributed by atoms with Gasteiger partial charge in [-0.1, -0.05) is 0 Å². The molecule has 0 unspecified atom stereocenters. The number of fused-ring (bicyclic) bond motifs is 1. The first-order valence-corrected chi connectivity index (χ1v) is 8.20. The molecule has 10 heteroatoms. The fourth-order valence-electron chi connectivity index (χ4n) is 3.02. The van der Waals surface area contributed by atoms with Crippen molar-refractivity contribution >= 4 is 17.3 Å². The summed E-state index contributed by atoms with van der Waals surface area (Å²) in [5, 5.41) is 4.53. The summed E-state index contributed by atoms with van der Waals surface area (Å²) in [7, 11) is 0. The van der Waals surface area contributed by atoms with Crippen LogP contribution in [-0.4, -0.2) is 50.7 Å². The van der Waals surface area contributed by atoms with Crippen LogP contribution in [0.25, 0.3) is 5.65 Å². The minimum Gasteiger partial charge on any atom is -0.355 e. The van der Waals surface area contributed by atoms with E-state index in [0.29, 0.717) is 25.5 Å². The van der Waals surface area contributed by atoms with Crippen molar-refractivity contribution in [1.29, 1.82) is 0 Å². The molecule has 4 rings (SSSR count). The van der Waals surface area contributed by atoms with Gasteiger partial charge in [-0.25, -0.2) is 19.5 Å². The van der Waals surface area contributed by atoms with E-state index >= 15 is 0 Å². The second kappa shape index (κ2) is 6.43. The van der Waals surface area contributed by atoms with Crippen LogP contribution in [0.5, 0.6) is 0 Å². The number of alkyl halides is 3. The van der Waals surface area contributed by atoms with Crippen LogP contribution in [0, 0.1) is 0 Å². The fraction of sp³-hybridized carbons (Fsp3) is 0.375. The molecule has 1 aliphatic rings. The van der Waals surface area contributed by atoms with Crippen LogP contribution < -0.4 is 9.80 Å². The van der Waals surface area contributed by atoms with E-state index in [1.165, 1.54) is 0 Å². The number of hydrogen-bond donors (Lipinski definition) is 0. The van der Waals surface area contributed by atoms with Crippen molar-refractivity contribution < 1.29 is 13.2 Å². The molecule has 3 aromatic rings. The number of rotatable bonds is 2. The van der Waals surface area contributed by atoms with E-state index < -0.39 is 11.9 Å². The molecule has 26 heavy (non-hydrogen) atoms. The van der Waals surface area contributed by atoms with E-state index in [9.17, 15) is 13.2 Å². The average molecular weight is 363 g/mol. The van der Waals surface area contributed by atoms with E-state index in [1.54, 1.807) is 16.9 Å². The maximum atomic E-state index is 12.9. The maximum Gasteiger partial charge on any atom is 0.433 e. The number of anilines is 2. The molecule has 0 saturated carbocycles. The molecule has 1 saturated heterocycles. The third-order valence-corrected chi connectivity index (χ3v) is 4.33. The summed E-state index contributed by atoms with van der Waals surface area (Å²) in [6.07, 6.45) is 0.746. The number of nitrogens with zero attached hydrogens (tertiary/aromatic N) is 7. The minimum absolute atomic E-state index is 0.298. The van der Waals surface area contributed by atoms with Gasteiger partial charge < -0.3 is 9.80 Å². The third kappa shape index (κ3) is 3.26. The van der Waals surface area contributed by atoms with Crippen LogP contribution in [0.15, 0.2) is 36.9 Å². The average Bonchev–Trinajstić information content (AvgIpc) is 2.96. The van der Waals surface area contributed by atoms with E-state index in [0.717, 1.165) is 36.8 Å². The van der Waals surface area contributed by atoms with E-state index in [-0.39, 0.29) is 0 Å². The lowest BCUT2D eigenvalue weighted by Gasteiger charge is -2.23. The van der Waals surface area contributed by atoms with Crippen molar-refractivity contribution in [2.45, 2.75) is 12.6 Å². The topological polar surface area (TPSA) is 62.5 Å². The molecule has 0 amide bonds. The summed E-state index contributed by atoms with van der Waals surface area (Å²) < 4.78 is 40.3. The Morgan fingerprint density at radius 3 is 2.42 bits per heavy atom. The summed E-state index contributed by atoms with van der Waals surface area (Å²) in [5.74, 6) is 1.11. The highest BCUT2D eigenvalue weighted by molar-refractivity contribution is 5.47. The van der Waals surface area contributed by atoms with Crippen molar-refractivity contribution in [3.63, 3.8) is 0 Å². The van der Waals surface area contributed by atoms with Gasteiger partial charge in [-0.3, -0.25) is 0 Å². The zero-order chi connectivity index (χ0) is 18.1. The van der Waals surface area contributed by atoms with Gasteiger partial charge >= 0.3 is 6.18 Å². The minimum atomic E-state index is -4.47. The van der Waals surface area contributed by atoms with Crippen LogP contribution in [0.3, 0.4) is 0 Å². The summed E-state index contributed by atoms with van der Waals surface area (Å²) in [6.45, 7) is 2.58. The molecule has 136 valence electrons. The van der Waals surface area contributed by atoms with E-state index in [1.807, 2.05) is 17.0 Å². The molecule has 0 spiro atoms. The lowest BCUT2D eigenvalue weighted by molar-refractivity contribution is -0.141. The molecular formula is C16H16F3N7. The highest BCUT2D eigenvalue weighted by atomic mass is 19.4. The third-order valence-electron chi connectivity index (χ3n) is 4.33. The van der Waals surface area contributed by atoms with Gasteiger partial charge in [-0.05, 0) is 18.6 Å². The molecule has 0 radical (unpaired) electrons. The molecule has 0 bridgehead atoms. The zero-order valence-corrected chi connectivity index (χ0v) is 13.8. The van der Waals surface area contributed by atoms with Crippen LogP contribution in [-0.2, 0) is 6.18 Å². The molecule has 0 N–H and O–H groups in total. The molecule has 1 aliphatic heterocycles. The molecule has 0 atom stereocenters. The van der Waals surface area contributed by atoms with Gasteiger partial charge in [0, 0.05) is 44.6 Å².